The van der Waals surface area contributed by atoms with Gasteiger partial charge in [0.15, 0.2) is 0 Å². The molecule has 0 aliphatic carbocycles. The fraction of sp³-hybridized carbons (Fsp3) is 0.556. The Morgan fingerprint density at radius 3 is 2.39 bits per heavy atom. The van der Waals surface area contributed by atoms with Crippen LogP contribution >= 0.6 is 0 Å². The normalized spacial score (nSPS) is 20.0. The summed E-state index contributed by atoms with van der Waals surface area (Å²) in [6.45, 7) is 6.07. The van der Waals surface area contributed by atoms with Crippen molar-refractivity contribution in [2.45, 2.75) is 65.0 Å². The van der Waals surface area contributed by atoms with Crippen LogP contribution in [-0.2, 0) is 4.79 Å². The first-order valence-corrected chi connectivity index (χ1v) is 8.39. The monoisotopic (exact) mass is 317 g/mol. The molecule has 2 rings (SSSR count). The third kappa shape index (κ3) is 5.58. The summed E-state index contributed by atoms with van der Waals surface area (Å²) < 4.78 is 0. The summed E-state index contributed by atoms with van der Waals surface area (Å²) in [4.78, 5) is 23.2. The van der Waals surface area contributed by atoms with E-state index in [1.807, 2.05) is 32.9 Å². The minimum atomic E-state index is -0.0738. The van der Waals surface area contributed by atoms with Gasteiger partial charge in [-0.2, -0.15) is 0 Å². The Bertz CT molecular complexity index is 551. The fourth-order valence-corrected chi connectivity index (χ4v) is 3.06. The molecule has 3 amide bonds. The van der Waals surface area contributed by atoms with Crippen molar-refractivity contribution in [3.63, 3.8) is 0 Å². The molecule has 2 atom stereocenters. The maximum Gasteiger partial charge on any atom is 0.315 e. The van der Waals surface area contributed by atoms with E-state index in [0.717, 1.165) is 42.5 Å². The number of urea groups is 1. The van der Waals surface area contributed by atoms with E-state index >= 15 is 0 Å². The van der Waals surface area contributed by atoms with Gasteiger partial charge in [-0.25, -0.2) is 4.79 Å². The second-order valence-corrected chi connectivity index (χ2v) is 6.54. The van der Waals surface area contributed by atoms with Crippen LogP contribution in [0, 0.1) is 13.8 Å². The van der Waals surface area contributed by atoms with Crippen molar-refractivity contribution in [1.82, 2.24) is 10.6 Å². The Morgan fingerprint density at radius 1 is 1.09 bits per heavy atom. The first-order valence-electron chi connectivity index (χ1n) is 8.39. The molecule has 1 heterocycles. The molecule has 3 N–H and O–H groups in total. The Kier molecular flexibility index (Phi) is 6.02. The van der Waals surface area contributed by atoms with Crippen LogP contribution in [0.1, 0.15) is 50.2 Å². The largest absolute Gasteiger partial charge is 0.334 e. The van der Waals surface area contributed by atoms with Crippen LogP contribution in [0.3, 0.4) is 0 Å². The van der Waals surface area contributed by atoms with Crippen LogP contribution in [0.15, 0.2) is 18.2 Å². The van der Waals surface area contributed by atoms with E-state index in [1.165, 1.54) is 0 Å². The molecule has 1 aromatic rings. The average Bonchev–Trinajstić information content (AvgIpc) is 2.75. The molecule has 5 nitrogen and oxygen atoms in total. The van der Waals surface area contributed by atoms with E-state index in [1.54, 1.807) is 0 Å². The molecule has 1 aliphatic heterocycles. The molecule has 0 bridgehead atoms. The van der Waals surface area contributed by atoms with Crippen LogP contribution in [0.4, 0.5) is 10.5 Å². The minimum Gasteiger partial charge on any atom is -0.334 e. The van der Waals surface area contributed by atoms with Crippen LogP contribution in [0.5, 0.6) is 0 Å². The van der Waals surface area contributed by atoms with Crippen LogP contribution in [-0.4, -0.2) is 24.0 Å². The summed E-state index contributed by atoms with van der Waals surface area (Å²) in [7, 11) is 0. The standard InChI is InChI=1S/C18H27N3O2/c1-12-9-13(2)11-15(10-12)20-17(22)8-6-4-5-7-16-14(3)19-18(23)21-16/h9-11,14,16H,4-8H2,1-3H3,(H,20,22)(H2,19,21,23)/t14-,16+/m0/s1. The predicted molar refractivity (Wildman–Crippen MR) is 92.5 cm³/mol. The first kappa shape index (κ1) is 17.3. The lowest BCUT2D eigenvalue weighted by atomic mass is 10.0. The summed E-state index contributed by atoms with van der Waals surface area (Å²) >= 11 is 0. The van der Waals surface area contributed by atoms with Crippen molar-refractivity contribution in [1.29, 1.82) is 0 Å². The molecular formula is C18H27N3O2. The molecule has 1 saturated heterocycles. The number of unbranched alkanes of at least 4 members (excludes halogenated alkanes) is 2. The zero-order valence-corrected chi connectivity index (χ0v) is 14.2. The van der Waals surface area contributed by atoms with E-state index < -0.39 is 0 Å². The van der Waals surface area contributed by atoms with Gasteiger partial charge in [0.25, 0.3) is 0 Å². The Balaban J connectivity index is 1.62. The summed E-state index contributed by atoms with van der Waals surface area (Å²) in [6, 6.07) is 6.40. The Hall–Kier alpha value is -2.04. The molecule has 0 radical (unpaired) electrons. The molecule has 0 spiro atoms. The zero-order chi connectivity index (χ0) is 16.8. The molecule has 0 saturated carbocycles. The third-order valence-electron chi connectivity index (χ3n) is 4.20. The van der Waals surface area contributed by atoms with Gasteiger partial charge in [-0.3, -0.25) is 4.79 Å². The number of rotatable bonds is 7. The average molecular weight is 317 g/mol. The van der Waals surface area contributed by atoms with E-state index in [4.69, 9.17) is 0 Å². The highest BCUT2D eigenvalue weighted by Gasteiger charge is 2.26. The van der Waals surface area contributed by atoms with Crippen LogP contribution < -0.4 is 16.0 Å². The maximum atomic E-state index is 12.0. The number of carbonyl (C=O) groups is 2. The van der Waals surface area contributed by atoms with Crippen molar-refractivity contribution >= 4 is 17.6 Å². The molecule has 126 valence electrons. The smallest absolute Gasteiger partial charge is 0.315 e. The second kappa shape index (κ2) is 7.99. The topological polar surface area (TPSA) is 70.2 Å². The first-order chi connectivity index (χ1) is 10.9. The van der Waals surface area contributed by atoms with Crippen LogP contribution in [0.25, 0.3) is 0 Å². The van der Waals surface area contributed by atoms with E-state index in [9.17, 15) is 9.59 Å². The number of benzene rings is 1. The molecule has 23 heavy (non-hydrogen) atoms. The van der Waals surface area contributed by atoms with Crippen molar-refractivity contribution in [2.24, 2.45) is 0 Å². The quantitative estimate of drug-likeness (QED) is 0.676. The molecule has 1 fully saturated rings. The molecular weight excluding hydrogens is 290 g/mol. The lowest BCUT2D eigenvalue weighted by Gasteiger charge is -2.13. The zero-order valence-electron chi connectivity index (χ0n) is 14.2. The van der Waals surface area contributed by atoms with Gasteiger partial charge < -0.3 is 16.0 Å². The fourth-order valence-electron chi connectivity index (χ4n) is 3.06. The van der Waals surface area contributed by atoms with Crippen molar-refractivity contribution in [3.8, 4) is 0 Å². The van der Waals surface area contributed by atoms with Gasteiger partial charge in [0.05, 0.1) is 6.04 Å². The highest BCUT2D eigenvalue weighted by atomic mass is 16.2. The number of anilines is 1. The minimum absolute atomic E-state index is 0.0687. The van der Waals surface area contributed by atoms with E-state index in [0.29, 0.717) is 6.42 Å². The number of carbonyl (C=O) groups excluding carboxylic acids is 2. The second-order valence-electron chi connectivity index (χ2n) is 6.54. The van der Waals surface area contributed by atoms with Gasteiger partial charge in [0.2, 0.25) is 5.91 Å². The molecule has 0 aromatic heterocycles. The lowest BCUT2D eigenvalue weighted by Crippen LogP contribution is -2.30. The number of aryl methyl sites for hydroxylation is 2. The van der Waals surface area contributed by atoms with E-state index in [2.05, 4.69) is 22.0 Å². The van der Waals surface area contributed by atoms with Gasteiger partial charge >= 0.3 is 6.03 Å². The van der Waals surface area contributed by atoms with Gasteiger partial charge in [-0.15, -0.1) is 0 Å². The number of nitrogens with one attached hydrogen (secondary N) is 3. The van der Waals surface area contributed by atoms with Crippen molar-refractivity contribution in [2.75, 3.05) is 5.32 Å². The van der Waals surface area contributed by atoms with Gasteiger partial charge in [-0.1, -0.05) is 18.9 Å². The molecule has 1 aliphatic rings. The lowest BCUT2D eigenvalue weighted by molar-refractivity contribution is -0.116. The van der Waals surface area contributed by atoms with Crippen LogP contribution in [0.2, 0.25) is 0 Å². The highest BCUT2D eigenvalue weighted by Crippen LogP contribution is 2.15. The van der Waals surface area contributed by atoms with E-state index in [-0.39, 0.29) is 24.0 Å². The summed E-state index contributed by atoms with van der Waals surface area (Å²) in [6.07, 6.45) is 4.39. The Morgan fingerprint density at radius 2 is 1.78 bits per heavy atom. The van der Waals surface area contributed by atoms with Gasteiger partial charge in [-0.05, 0) is 56.9 Å². The maximum absolute atomic E-state index is 12.0. The van der Waals surface area contributed by atoms with Gasteiger partial charge in [0.1, 0.15) is 0 Å². The predicted octanol–water partition coefficient (Wildman–Crippen LogP) is 3.26. The highest BCUT2D eigenvalue weighted by molar-refractivity contribution is 5.90. The molecule has 5 heteroatoms. The molecule has 0 unspecified atom stereocenters. The molecule has 1 aromatic carbocycles. The summed E-state index contributed by atoms with van der Waals surface area (Å²) in [5.74, 6) is 0.0687. The van der Waals surface area contributed by atoms with Crippen molar-refractivity contribution in [3.05, 3.63) is 29.3 Å². The number of hydrogen-bond donors (Lipinski definition) is 3. The SMILES string of the molecule is Cc1cc(C)cc(NC(=O)CCCCC[C@H]2NC(=O)N[C@H]2C)c1. The number of hydrogen-bond acceptors (Lipinski definition) is 2. The number of amides is 3. The Labute approximate surface area is 138 Å². The van der Waals surface area contributed by atoms with Crippen molar-refractivity contribution < 1.29 is 9.59 Å². The summed E-state index contributed by atoms with van der Waals surface area (Å²) in [5, 5.41) is 8.73. The van der Waals surface area contributed by atoms with Gasteiger partial charge in [0, 0.05) is 18.2 Å². The summed E-state index contributed by atoms with van der Waals surface area (Å²) in [5.41, 5.74) is 3.18. The third-order valence-corrected chi connectivity index (χ3v) is 4.20.